The minimum atomic E-state index is -3.58. The first-order valence-corrected chi connectivity index (χ1v) is 9.35. The highest BCUT2D eigenvalue weighted by molar-refractivity contribution is 7.92. The van der Waals surface area contributed by atoms with Gasteiger partial charge >= 0.3 is 6.09 Å². The smallest absolute Gasteiger partial charge is 0.410 e. The Morgan fingerprint density at radius 3 is 2.44 bits per heavy atom. The Bertz CT molecular complexity index is 963. The quantitative estimate of drug-likeness (QED) is 0.591. The van der Waals surface area contributed by atoms with Crippen molar-refractivity contribution in [1.29, 1.82) is 0 Å². The Labute approximate surface area is 154 Å². The number of amides is 1. The number of hydrogen-bond donors (Lipinski definition) is 1. The first kappa shape index (κ1) is 20.1. The van der Waals surface area contributed by atoms with Crippen LogP contribution in [0.2, 0.25) is 0 Å². The van der Waals surface area contributed by atoms with Gasteiger partial charge in [-0.25, -0.2) is 17.6 Å². The van der Waals surface area contributed by atoms with Crippen LogP contribution in [0.25, 0.3) is 0 Å². The average molecular weight is 397 g/mol. The minimum Gasteiger partial charge on any atom is -0.410 e. The molecule has 0 fully saturated rings. The number of nitrogens with zero attached hydrogens (tertiary/aromatic N) is 2. The highest BCUT2D eigenvalue weighted by Crippen LogP contribution is 2.23. The summed E-state index contributed by atoms with van der Waals surface area (Å²) in [7, 11) is -2.27. The number of nitro benzene ring substituents is 1. The summed E-state index contributed by atoms with van der Waals surface area (Å²) in [6.07, 6.45) is 0.109. The Balaban J connectivity index is 2.08. The Morgan fingerprint density at radius 1 is 1.26 bits per heavy atom. The molecule has 2 rings (SSSR count). The second kappa shape index (κ2) is 7.99. The van der Waals surface area contributed by atoms with Gasteiger partial charge in [-0.2, -0.15) is 0 Å². The van der Waals surface area contributed by atoms with E-state index < -0.39 is 26.9 Å². The maximum atomic E-state index is 13.5. The largest absolute Gasteiger partial charge is 0.412 e. The van der Waals surface area contributed by atoms with E-state index in [1.807, 2.05) is 0 Å². The van der Waals surface area contributed by atoms with Gasteiger partial charge in [0, 0.05) is 25.7 Å². The molecule has 0 saturated carbocycles. The summed E-state index contributed by atoms with van der Waals surface area (Å²) in [6, 6.07) is 8.35. The van der Waals surface area contributed by atoms with Gasteiger partial charge in [0.25, 0.3) is 5.69 Å². The van der Waals surface area contributed by atoms with Crippen LogP contribution in [-0.2, 0) is 16.6 Å². The molecule has 1 N–H and O–H groups in total. The van der Waals surface area contributed by atoms with E-state index in [1.165, 1.54) is 37.4 Å². The fraction of sp³-hybridized carbons (Fsp3) is 0.188. The highest BCUT2D eigenvalue weighted by Gasteiger charge is 2.17. The predicted octanol–water partition coefficient (Wildman–Crippen LogP) is 2.42. The minimum absolute atomic E-state index is 0.0748. The molecule has 2 aromatic rings. The maximum absolute atomic E-state index is 13.5. The van der Waals surface area contributed by atoms with Crippen molar-refractivity contribution < 1.29 is 27.3 Å². The van der Waals surface area contributed by atoms with Gasteiger partial charge in [-0.1, -0.05) is 0 Å². The van der Waals surface area contributed by atoms with Gasteiger partial charge in [0.05, 0.1) is 16.9 Å². The zero-order valence-electron chi connectivity index (χ0n) is 14.4. The van der Waals surface area contributed by atoms with E-state index in [0.717, 1.165) is 22.7 Å². The zero-order chi connectivity index (χ0) is 20.2. The molecule has 0 aliphatic carbocycles. The molecule has 9 nitrogen and oxygen atoms in total. The van der Waals surface area contributed by atoms with Crippen LogP contribution in [0.15, 0.2) is 42.5 Å². The third-order valence-corrected chi connectivity index (χ3v) is 4.75. The SMILES string of the molecule is CN(c1ccc(F)cc1CNC(=O)Oc1ccc([N+](=O)[O-])cc1)S(C)(=O)=O. The number of nitro groups is 1. The van der Waals surface area contributed by atoms with Gasteiger partial charge in [0.1, 0.15) is 11.6 Å². The molecule has 0 spiro atoms. The lowest BCUT2D eigenvalue weighted by Gasteiger charge is -2.20. The molecule has 0 bridgehead atoms. The van der Waals surface area contributed by atoms with Crippen molar-refractivity contribution in [2.24, 2.45) is 0 Å². The molecule has 0 aliphatic heterocycles. The van der Waals surface area contributed by atoms with Gasteiger partial charge in [-0.05, 0) is 35.9 Å². The Hall–Kier alpha value is -3.21. The Morgan fingerprint density at radius 2 is 1.89 bits per heavy atom. The number of carbonyl (C=O) groups excluding carboxylic acids is 1. The maximum Gasteiger partial charge on any atom is 0.412 e. The van der Waals surface area contributed by atoms with Gasteiger partial charge in [0.15, 0.2) is 0 Å². The first-order valence-electron chi connectivity index (χ1n) is 7.50. The van der Waals surface area contributed by atoms with E-state index in [1.54, 1.807) is 0 Å². The number of rotatable bonds is 6. The number of ether oxygens (including phenoxy) is 1. The summed E-state index contributed by atoms with van der Waals surface area (Å²) in [5, 5.41) is 13.0. The number of benzene rings is 2. The van der Waals surface area contributed by atoms with Crippen molar-refractivity contribution in [2.45, 2.75) is 6.54 Å². The highest BCUT2D eigenvalue weighted by atomic mass is 32.2. The standard InChI is InChI=1S/C16H16FN3O6S/c1-19(27(2,24)25)15-8-3-12(17)9-11(15)10-18-16(21)26-14-6-4-13(5-7-14)20(22)23/h3-9H,10H2,1-2H3,(H,18,21). The predicted molar refractivity (Wildman–Crippen MR) is 95.6 cm³/mol. The number of halogens is 1. The van der Waals surface area contributed by atoms with E-state index in [0.29, 0.717) is 0 Å². The van der Waals surface area contributed by atoms with Crippen LogP contribution in [0.1, 0.15) is 5.56 Å². The molecule has 1 amide bonds. The molecule has 0 saturated heterocycles. The molecule has 144 valence electrons. The summed E-state index contributed by atoms with van der Waals surface area (Å²) in [5.41, 5.74) is 0.272. The van der Waals surface area contributed by atoms with Crippen molar-refractivity contribution in [3.63, 3.8) is 0 Å². The molecular weight excluding hydrogens is 381 g/mol. The molecule has 0 radical (unpaired) electrons. The lowest BCUT2D eigenvalue weighted by molar-refractivity contribution is -0.384. The summed E-state index contributed by atoms with van der Waals surface area (Å²) < 4.78 is 42.8. The lowest BCUT2D eigenvalue weighted by Crippen LogP contribution is -2.29. The molecule has 0 unspecified atom stereocenters. The number of anilines is 1. The number of nitrogens with one attached hydrogen (secondary N) is 1. The normalized spacial score (nSPS) is 10.9. The second-order valence-corrected chi connectivity index (χ2v) is 7.51. The lowest BCUT2D eigenvalue weighted by atomic mass is 10.1. The van der Waals surface area contributed by atoms with Crippen molar-refractivity contribution in [1.82, 2.24) is 5.32 Å². The zero-order valence-corrected chi connectivity index (χ0v) is 15.2. The van der Waals surface area contributed by atoms with E-state index >= 15 is 0 Å². The topological polar surface area (TPSA) is 119 Å². The molecule has 0 atom stereocenters. The molecule has 0 heterocycles. The number of carbonyl (C=O) groups is 1. The summed E-state index contributed by atoms with van der Waals surface area (Å²) in [5.74, 6) is -0.521. The van der Waals surface area contributed by atoms with Crippen molar-refractivity contribution >= 4 is 27.5 Å². The second-order valence-electron chi connectivity index (χ2n) is 5.50. The number of sulfonamides is 1. The van der Waals surface area contributed by atoms with Gasteiger partial charge in [-0.15, -0.1) is 0 Å². The summed E-state index contributed by atoms with van der Waals surface area (Å²) in [4.78, 5) is 21.9. The third kappa shape index (κ3) is 5.38. The molecule has 2 aromatic carbocycles. The van der Waals surface area contributed by atoms with Gasteiger partial charge in [0.2, 0.25) is 10.0 Å². The Kier molecular flexibility index (Phi) is 5.95. The van der Waals surface area contributed by atoms with Crippen LogP contribution < -0.4 is 14.4 Å². The van der Waals surface area contributed by atoms with Crippen molar-refractivity contribution in [3.05, 3.63) is 64.0 Å². The molecule has 0 aromatic heterocycles. The van der Waals surface area contributed by atoms with Crippen LogP contribution in [-0.4, -0.2) is 32.7 Å². The summed E-state index contributed by atoms with van der Waals surface area (Å²) in [6.45, 7) is -0.196. The van der Waals surface area contributed by atoms with Crippen LogP contribution in [0.5, 0.6) is 5.75 Å². The number of non-ortho nitro benzene ring substituents is 1. The molecule has 27 heavy (non-hydrogen) atoms. The van der Waals surface area contributed by atoms with Crippen LogP contribution in [0.3, 0.4) is 0 Å². The first-order chi connectivity index (χ1) is 12.6. The fourth-order valence-corrected chi connectivity index (χ4v) is 2.66. The van der Waals surface area contributed by atoms with E-state index in [-0.39, 0.29) is 29.2 Å². The van der Waals surface area contributed by atoms with Crippen molar-refractivity contribution in [2.75, 3.05) is 17.6 Å². The van der Waals surface area contributed by atoms with Gasteiger partial charge in [-0.3, -0.25) is 14.4 Å². The van der Waals surface area contributed by atoms with E-state index in [4.69, 9.17) is 4.74 Å². The molecule has 11 heteroatoms. The average Bonchev–Trinajstić information content (AvgIpc) is 2.59. The monoisotopic (exact) mass is 397 g/mol. The van der Waals surface area contributed by atoms with Crippen LogP contribution in [0, 0.1) is 15.9 Å². The van der Waals surface area contributed by atoms with Crippen LogP contribution in [0.4, 0.5) is 20.6 Å². The van der Waals surface area contributed by atoms with E-state index in [2.05, 4.69) is 5.32 Å². The number of hydrogen-bond acceptors (Lipinski definition) is 6. The third-order valence-electron chi connectivity index (χ3n) is 3.56. The molecular formula is C16H16FN3O6S. The van der Waals surface area contributed by atoms with E-state index in [9.17, 15) is 27.7 Å². The molecule has 0 aliphatic rings. The van der Waals surface area contributed by atoms with Crippen molar-refractivity contribution in [3.8, 4) is 5.75 Å². The van der Waals surface area contributed by atoms with Gasteiger partial charge < -0.3 is 10.1 Å². The fourth-order valence-electron chi connectivity index (χ4n) is 2.13. The van der Waals surface area contributed by atoms with Crippen LogP contribution >= 0.6 is 0 Å². The summed E-state index contributed by atoms with van der Waals surface area (Å²) >= 11 is 0.